The molecule has 0 N–H and O–H groups in total. The Kier molecular flexibility index (Phi) is 4.44. The van der Waals surface area contributed by atoms with Crippen molar-refractivity contribution in [1.29, 1.82) is 0 Å². The molecule has 0 amide bonds. The van der Waals surface area contributed by atoms with Crippen LogP contribution in [0.3, 0.4) is 0 Å². The maximum absolute atomic E-state index is 14.3. The second kappa shape index (κ2) is 7.24. The predicted molar refractivity (Wildman–Crippen MR) is 105 cm³/mol. The van der Waals surface area contributed by atoms with Crippen LogP contribution in [-0.4, -0.2) is 19.7 Å². The standard InChI is InChI=1S/C21H17FN4OS/c22-18-9-5-4-8-17(18)19-24-25-21(26(19)16-10-11-16)28-13-15-12-27-20(23-15)14-6-2-1-3-7-14/h1-9,12,16H,10-11,13H2. The lowest BCUT2D eigenvalue weighted by Gasteiger charge is -2.08. The van der Waals surface area contributed by atoms with E-state index >= 15 is 0 Å². The van der Waals surface area contributed by atoms with E-state index in [0.29, 0.717) is 29.1 Å². The minimum Gasteiger partial charge on any atom is -0.444 e. The molecule has 0 unspecified atom stereocenters. The Morgan fingerprint density at radius 3 is 2.61 bits per heavy atom. The molecule has 7 heteroatoms. The number of nitrogens with zero attached hydrogens (tertiary/aromatic N) is 4. The second-order valence-corrected chi connectivity index (χ2v) is 7.63. The zero-order valence-corrected chi connectivity index (χ0v) is 15.8. The van der Waals surface area contributed by atoms with Gasteiger partial charge in [-0.3, -0.25) is 4.57 Å². The van der Waals surface area contributed by atoms with E-state index in [1.54, 1.807) is 30.2 Å². The number of thioether (sulfide) groups is 1. The normalized spacial score (nSPS) is 13.8. The van der Waals surface area contributed by atoms with Crippen molar-refractivity contribution in [2.24, 2.45) is 0 Å². The molecule has 0 bridgehead atoms. The van der Waals surface area contributed by atoms with E-state index in [0.717, 1.165) is 29.3 Å². The van der Waals surface area contributed by atoms with Crippen molar-refractivity contribution in [3.8, 4) is 22.8 Å². The zero-order valence-electron chi connectivity index (χ0n) is 15.0. The molecule has 140 valence electrons. The lowest BCUT2D eigenvalue weighted by molar-refractivity contribution is 0.573. The molecule has 2 aromatic carbocycles. The first-order valence-corrected chi connectivity index (χ1v) is 10.1. The molecule has 1 saturated carbocycles. The molecule has 0 radical (unpaired) electrons. The molecule has 5 nitrogen and oxygen atoms in total. The Hall–Kier alpha value is -2.93. The summed E-state index contributed by atoms with van der Waals surface area (Å²) in [4.78, 5) is 4.56. The lowest BCUT2D eigenvalue weighted by atomic mass is 10.2. The molecule has 28 heavy (non-hydrogen) atoms. The average Bonchev–Trinajstić information content (AvgIpc) is 3.30. The molecule has 5 rings (SSSR count). The number of oxazole rings is 1. The van der Waals surface area contributed by atoms with Crippen LogP contribution in [0.25, 0.3) is 22.8 Å². The van der Waals surface area contributed by atoms with Crippen LogP contribution in [0.1, 0.15) is 24.6 Å². The van der Waals surface area contributed by atoms with E-state index in [4.69, 9.17) is 4.42 Å². The van der Waals surface area contributed by atoms with Crippen LogP contribution in [0.15, 0.2) is 70.4 Å². The number of halogens is 1. The first kappa shape index (κ1) is 17.2. The fourth-order valence-corrected chi connectivity index (χ4v) is 3.97. The van der Waals surface area contributed by atoms with Crippen LogP contribution in [0.5, 0.6) is 0 Å². The average molecular weight is 392 g/mol. The largest absolute Gasteiger partial charge is 0.444 e. The summed E-state index contributed by atoms with van der Waals surface area (Å²) >= 11 is 1.54. The Bertz CT molecular complexity index is 1100. The number of aromatic nitrogens is 4. The molecule has 0 aliphatic heterocycles. The van der Waals surface area contributed by atoms with Crippen LogP contribution >= 0.6 is 11.8 Å². The Morgan fingerprint density at radius 2 is 1.82 bits per heavy atom. The molecule has 1 aliphatic carbocycles. The van der Waals surface area contributed by atoms with Crippen molar-refractivity contribution in [2.75, 3.05) is 0 Å². The van der Waals surface area contributed by atoms with Crippen LogP contribution < -0.4 is 0 Å². The molecule has 2 heterocycles. The summed E-state index contributed by atoms with van der Waals surface area (Å²) in [6.45, 7) is 0. The van der Waals surface area contributed by atoms with Crippen LogP contribution in [0, 0.1) is 5.82 Å². The summed E-state index contributed by atoms with van der Waals surface area (Å²) < 4.78 is 21.9. The van der Waals surface area contributed by atoms with Gasteiger partial charge in [-0.15, -0.1) is 10.2 Å². The topological polar surface area (TPSA) is 56.7 Å². The molecular weight excluding hydrogens is 375 g/mol. The van der Waals surface area contributed by atoms with Crippen LogP contribution in [0.4, 0.5) is 4.39 Å². The lowest BCUT2D eigenvalue weighted by Crippen LogP contribution is -2.01. The minimum absolute atomic E-state index is 0.280. The summed E-state index contributed by atoms with van der Waals surface area (Å²) in [7, 11) is 0. The van der Waals surface area contributed by atoms with Gasteiger partial charge in [0.1, 0.15) is 12.1 Å². The van der Waals surface area contributed by atoms with E-state index in [1.807, 2.05) is 36.4 Å². The third kappa shape index (κ3) is 3.33. The van der Waals surface area contributed by atoms with Gasteiger partial charge in [0.25, 0.3) is 0 Å². The number of hydrogen-bond donors (Lipinski definition) is 0. The Morgan fingerprint density at radius 1 is 1.04 bits per heavy atom. The first-order chi connectivity index (χ1) is 13.8. The van der Waals surface area contributed by atoms with Crippen molar-refractivity contribution in [2.45, 2.75) is 29.8 Å². The number of hydrogen-bond acceptors (Lipinski definition) is 5. The van der Waals surface area contributed by atoms with Crippen molar-refractivity contribution in [1.82, 2.24) is 19.7 Å². The van der Waals surface area contributed by atoms with Gasteiger partial charge in [-0.25, -0.2) is 9.37 Å². The quantitative estimate of drug-likeness (QED) is 0.413. The highest BCUT2D eigenvalue weighted by atomic mass is 32.2. The van der Waals surface area contributed by atoms with Crippen molar-refractivity contribution in [3.63, 3.8) is 0 Å². The summed E-state index contributed by atoms with van der Waals surface area (Å²) in [5, 5.41) is 9.39. The van der Waals surface area contributed by atoms with E-state index in [2.05, 4.69) is 19.7 Å². The Labute approximate surface area is 165 Å². The molecule has 0 spiro atoms. The summed E-state index contributed by atoms with van der Waals surface area (Å²) in [5.41, 5.74) is 2.27. The maximum Gasteiger partial charge on any atom is 0.226 e. The van der Waals surface area contributed by atoms with Gasteiger partial charge >= 0.3 is 0 Å². The van der Waals surface area contributed by atoms with Gasteiger partial charge < -0.3 is 4.42 Å². The number of benzene rings is 2. The predicted octanol–water partition coefficient (Wildman–Crippen LogP) is 5.37. The van der Waals surface area contributed by atoms with Gasteiger partial charge in [-0.05, 0) is 37.1 Å². The minimum atomic E-state index is -0.280. The summed E-state index contributed by atoms with van der Waals surface area (Å²) in [5.74, 6) is 1.52. The first-order valence-electron chi connectivity index (χ1n) is 9.12. The molecular formula is C21H17FN4OS. The zero-order chi connectivity index (χ0) is 18.9. The van der Waals surface area contributed by atoms with E-state index in [1.165, 1.54) is 6.07 Å². The van der Waals surface area contributed by atoms with E-state index in [-0.39, 0.29) is 5.82 Å². The summed E-state index contributed by atoms with van der Waals surface area (Å²) in [6.07, 6.45) is 3.80. The van der Waals surface area contributed by atoms with Gasteiger partial charge in [-0.2, -0.15) is 0 Å². The van der Waals surface area contributed by atoms with Crippen LogP contribution in [0.2, 0.25) is 0 Å². The highest BCUT2D eigenvalue weighted by Crippen LogP contribution is 2.41. The second-order valence-electron chi connectivity index (χ2n) is 6.69. The van der Waals surface area contributed by atoms with Gasteiger partial charge in [-0.1, -0.05) is 42.1 Å². The maximum atomic E-state index is 14.3. The molecule has 1 aliphatic rings. The third-order valence-corrected chi connectivity index (χ3v) is 5.59. The van der Waals surface area contributed by atoms with Gasteiger partial charge in [0.05, 0.1) is 11.3 Å². The molecule has 0 atom stereocenters. The van der Waals surface area contributed by atoms with Crippen molar-refractivity contribution in [3.05, 3.63) is 72.4 Å². The number of rotatable bonds is 6. The fraction of sp³-hybridized carbons (Fsp3) is 0.190. The molecule has 4 aromatic rings. The molecule has 2 aromatic heterocycles. The smallest absolute Gasteiger partial charge is 0.226 e. The SMILES string of the molecule is Fc1ccccc1-c1nnc(SCc2coc(-c3ccccc3)n2)n1C1CC1. The van der Waals surface area contributed by atoms with E-state index < -0.39 is 0 Å². The van der Waals surface area contributed by atoms with Gasteiger partial charge in [0, 0.05) is 17.4 Å². The van der Waals surface area contributed by atoms with Crippen LogP contribution in [-0.2, 0) is 5.75 Å². The van der Waals surface area contributed by atoms with Gasteiger partial charge in [0.15, 0.2) is 11.0 Å². The summed E-state index contributed by atoms with van der Waals surface area (Å²) in [6, 6.07) is 16.8. The van der Waals surface area contributed by atoms with Gasteiger partial charge in [0.2, 0.25) is 5.89 Å². The fourth-order valence-electron chi connectivity index (χ4n) is 3.09. The Balaban J connectivity index is 1.38. The van der Waals surface area contributed by atoms with Crippen molar-refractivity contribution < 1.29 is 8.81 Å². The van der Waals surface area contributed by atoms with Crippen molar-refractivity contribution >= 4 is 11.8 Å². The van der Waals surface area contributed by atoms with E-state index in [9.17, 15) is 4.39 Å². The highest BCUT2D eigenvalue weighted by molar-refractivity contribution is 7.98. The monoisotopic (exact) mass is 392 g/mol. The third-order valence-electron chi connectivity index (χ3n) is 4.61. The highest BCUT2D eigenvalue weighted by Gasteiger charge is 2.31. The molecule has 0 saturated heterocycles. The molecule has 1 fully saturated rings.